The molecular weight excluding hydrogens is 164 g/mol. The van der Waals surface area contributed by atoms with Gasteiger partial charge in [0.2, 0.25) is 9.04 Å². The quantitative estimate of drug-likeness (QED) is 0.641. The van der Waals surface area contributed by atoms with Gasteiger partial charge in [-0.15, -0.1) is 0 Å². The molecule has 1 unspecified atom stereocenters. The molecule has 0 aliphatic rings. The van der Waals surface area contributed by atoms with Crippen LogP contribution < -0.4 is 5.19 Å². The summed E-state index contributed by atoms with van der Waals surface area (Å²) >= 11 is 0. The van der Waals surface area contributed by atoms with E-state index >= 15 is 0 Å². The Morgan fingerprint density at radius 2 is 1.83 bits per heavy atom. The van der Waals surface area contributed by atoms with Crippen molar-refractivity contribution >= 4 is 14.2 Å². The lowest BCUT2D eigenvalue weighted by molar-refractivity contribution is 0.350. The topological polar surface area (TPSA) is 9.23 Å². The standard InChI is InChI=1S/C10H16OSi/c1-3-11-12(4-2)10-8-6-5-7-9-10/h5-9,12H,3-4H2,1-2H3. The fourth-order valence-electron chi connectivity index (χ4n) is 1.32. The van der Waals surface area contributed by atoms with E-state index in [0.717, 1.165) is 6.61 Å². The van der Waals surface area contributed by atoms with Crippen LogP contribution in [-0.2, 0) is 4.43 Å². The molecule has 0 spiro atoms. The largest absolute Gasteiger partial charge is 0.416 e. The van der Waals surface area contributed by atoms with Gasteiger partial charge in [0.1, 0.15) is 0 Å². The van der Waals surface area contributed by atoms with E-state index in [-0.39, 0.29) is 0 Å². The van der Waals surface area contributed by atoms with Gasteiger partial charge in [-0.1, -0.05) is 37.3 Å². The minimum atomic E-state index is -1.07. The third-order valence-electron chi connectivity index (χ3n) is 1.91. The monoisotopic (exact) mass is 180 g/mol. The SMILES string of the molecule is CCO[SiH](CC)c1ccccc1. The summed E-state index contributed by atoms with van der Waals surface area (Å²) < 4.78 is 5.72. The van der Waals surface area contributed by atoms with Crippen LogP contribution in [0, 0.1) is 0 Å². The number of benzene rings is 1. The average molecular weight is 180 g/mol. The molecule has 0 aliphatic carbocycles. The van der Waals surface area contributed by atoms with Crippen LogP contribution in [0.3, 0.4) is 0 Å². The molecule has 0 heterocycles. The van der Waals surface area contributed by atoms with Crippen LogP contribution in [0.15, 0.2) is 30.3 Å². The molecule has 1 atom stereocenters. The van der Waals surface area contributed by atoms with E-state index in [4.69, 9.17) is 4.43 Å². The van der Waals surface area contributed by atoms with E-state index in [1.165, 1.54) is 11.2 Å². The molecule has 1 aromatic rings. The molecule has 0 radical (unpaired) electrons. The third-order valence-corrected chi connectivity index (χ3v) is 4.52. The first kappa shape index (κ1) is 9.48. The van der Waals surface area contributed by atoms with Crippen LogP contribution in [-0.4, -0.2) is 15.6 Å². The van der Waals surface area contributed by atoms with Gasteiger partial charge in [0.15, 0.2) is 0 Å². The summed E-state index contributed by atoms with van der Waals surface area (Å²) in [7, 11) is -1.07. The first-order valence-corrected chi connectivity index (χ1v) is 6.41. The van der Waals surface area contributed by atoms with E-state index in [9.17, 15) is 0 Å². The van der Waals surface area contributed by atoms with Crippen molar-refractivity contribution in [2.75, 3.05) is 6.61 Å². The Hall–Kier alpha value is -0.603. The summed E-state index contributed by atoms with van der Waals surface area (Å²) in [4.78, 5) is 0. The lowest BCUT2D eigenvalue weighted by Crippen LogP contribution is -2.32. The molecule has 1 aromatic carbocycles. The number of rotatable bonds is 4. The molecule has 1 rings (SSSR count). The van der Waals surface area contributed by atoms with Gasteiger partial charge in [0, 0.05) is 6.61 Å². The van der Waals surface area contributed by atoms with Crippen LogP contribution in [0.1, 0.15) is 13.8 Å². The Bertz CT molecular complexity index is 210. The third kappa shape index (κ3) is 2.46. The lowest BCUT2D eigenvalue weighted by Gasteiger charge is -2.12. The van der Waals surface area contributed by atoms with Crippen LogP contribution in [0.5, 0.6) is 0 Å². The Labute approximate surface area is 76.1 Å². The van der Waals surface area contributed by atoms with Crippen molar-refractivity contribution in [2.24, 2.45) is 0 Å². The Morgan fingerprint density at radius 3 is 2.33 bits per heavy atom. The minimum absolute atomic E-state index is 0.847. The predicted molar refractivity (Wildman–Crippen MR) is 55.3 cm³/mol. The zero-order valence-corrected chi connectivity index (χ0v) is 8.94. The normalized spacial score (nSPS) is 12.8. The molecular formula is C10H16OSi. The van der Waals surface area contributed by atoms with Gasteiger partial charge in [-0.2, -0.15) is 0 Å². The predicted octanol–water partition coefficient (Wildman–Crippen LogP) is 1.67. The summed E-state index contributed by atoms with van der Waals surface area (Å²) in [5.41, 5.74) is 0. The van der Waals surface area contributed by atoms with E-state index in [1.807, 2.05) is 0 Å². The maximum Gasteiger partial charge on any atom is 0.207 e. The average Bonchev–Trinajstić information content (AvgIpc) is 2.15. The van der Waals surface area contributed by atoms with E-state index in [1.54, 1.807) is 0 Å². The highest BCUT2D eigenvalue weighted by Gasteiger charge is 2.09. The fraction of sp³-hybridized carbons (Fsp3) is 0.400. The zero-order chi connectivity index (χ0) is 8.81. The van der Waals surface area contributed by atoms with Crippen molar-refractivity contribution < 1.29 is 4.43 Å². The second-order valence-electron chi connectivity index (χ2n) is 2.76. The maximum atomic E-state index is 5.72. The lowest BCUT2D eigenvalue weighted by atomic mass is 10.4. The summed E-state index contributed by atoms with van der Waals surface area (Å²) in [6, 6.07) is 11.8. The molecule has 66 valence electrons. The van der Waals surface area contributed by atoms with Gasteiger partial charge < -0.3 is 4.43 Å². The molecule has 0 fully saturated rings. The molecule has 0 N–H and O–H groups in total. The highest BCUT2D eigenvalue weighted by atomic mass is 28.3. The summed E-state index contributed by atoms with van der Waals surface area (Å²) in [6.45, 7) is 5.12. The van der Waals surface area contributed by atoms with Gasteiger partial charge in [-0.25, -0.2) is 0 Å². The molecule has 0 saturated carbocycles. The van der Waals surface area contributed by atoms with Crippen LogP contribution >= 0.6 is 0 Å². The van der Waals surface area contributed by atoms with Crippen molar-refractivity contribution in [3.8, 4) is 0 Å². The molecule has 2 heteroatoms. The molecule has 1 nitrogen and oxygen atoms in total. The second-order valence-corrected chi connectivity index (χ2v) is 5.56. The molecule has 0 saturated heterocycles. The van der Waals surface area contributed by atoms with Gasteiger partial charge >= 0.3 is 0 Å². The molecule has 0 aliphatic heterocycles. The van der Waals surface area contributed by atoms with E-state index < -0.39 is 9.04 Å². The van der Waals surface area contributed by atoms with Crippen molar-refractivity contribution in [3.63, 3.8) is 0 Å². The Kier molecular flexibility index (Phi) is 4.04. The van der Waals surface area contributed by atoms with Gasteiger partial charge in [-0.3, -0.25) is 0 Å². The van der Waals surface area contributed by atoms with Crippen LogP contribution in [0.4, 0.5) is 0 Å². The van der Waals surface area contributed by atoms with Crippen LogP contribution in [0.2, 0.25) is 6.04 Å². The van der Waals surface area contributed by atoms with Crippen molar-refractivity contribution in [1.29, 1.82) is 0 Å². The van der Waals surface area contributed by atoms with E-state index in [0.29, 0.717) is 0 Å². The summed E-state index contributed by atoms with van der Waals surface area (Å²) in [5, 5.41) is 1.42. The van der Waals surface area contributed by atoms with Crippen molar-refractivity contribution in [3.05, 3.63) is 30.3 Å². The van der Waals surface area contributed by atoms with Gasteiger partial charge in [0.05, 0.1) is 0 Å². The van der Waals surface area contributed by atoms with Gasteiger partial charge in [0.25, 0.3) is 0 Å². The minimum Gasteiger partial charge on any atom is -0.416 e. The smallest absolute Gasteiger partial charge is 0.207 e. The molecule has 0 aromatic heterocycles. The fourth-order valence-corrected chi connectivity index (χ4v) is 3.27. The second kappa shape index (κ2) is 5.12. The van der Waals surface area contributed by atoms with E-state index in [2.05, 4.69) is 44.2 Å². The van der Waals surface area contributed by atoms with Crippen LogP contribution in [0.25, 0.3) is 0 Å². The Balaban J connectivity index is 2.66. The molecule has 12 heavy (non-hydrogen) atoms. The van der Waals surface area contributed by atoms with Crippen molar-refractivity contribution in [2.45, 2.75) is 19.9 Å². The Morgan fingerprint density at radius 1 is 1.17 bits per heavy atom. The summed E-state index contributed by atoms with van der Waals surface area (Å²) in [5.74, 6) is 0. The molecule has 0 amide bonds. The first-order chi connectivity index (χ1) is 5.88. The van der Waals surface area contributed by atoms with Gasteiger partial charge in [-0.05, 0) is 18.2 Å². The maximum absolute atomic E-state index is 5.72. The van der Waals surface area contributed by atoms with Crippen molar-refractivity contribution in [1.82, 2.24) is 0 Å². The molecule has 0 bridgehead atoms. The first-order valence-electron chi connectivity index (χ1n) is 4.55. The highest BCUT2D eigenvalue weighted by molar-refractivity contribution is 6.67. The highest BCUT2D eigenvalue weighted by Crippen LogP contribution is 1.95. The summed E-state index contributed by atoms with van der Waals surface area (Å²) in [6.07, 6.45) is 0. The zero-order valence-electron chi connectivity index (χ0n) is 7.79. The number of hydrogen-bond donors (Lipinski definition) is 0. The number of hydrogen-bond acceptors (Lipinski definition) is 1.